The van der Waals surface area contributed by atoms with Crippen LogP contribution in [0.4, 0.5) is 0 Å². The summed E-state index contributed by atoms with van der Waals surface area (Å²) in [5, 5.41) is 2.77. The van der Waals surface area contributed by atoms with Crippen molar-refractivity contribution in [2.45, 2.75) is 6.54 Å². The van der Waals surface area contributed by atoms with Crippen molar-refractivity contribution in [2.75, 3.05) is 13.7 Å². The van der Waals surface area contributed by atoms with Gasteiger partial charge in [-0.05, 0) is 42.0 Å². The third-order valence-electron chi connectivity index (χ3n) is 3.01. The summed E-state index contributed by atoms with van der Waals surface area (Å²) in [6, 6.07) is 14.1. The molecule has 0 unspecified atom stereocenters. The lowest BCUT2D eigenvalue weighted by Gasteiger charge is -2.08. The molecule has 0 aliphatic heterocycles. The van der Waals surface area contributed by atoms with Crippen LogP contribution in [-0.2, 0) is 11.3 Å². The van der Waals surface area contributed by atoms with E-state index in [9.17, 15) is 9.59 Å². The van der Waals surface area contributed by atoms with Crippen LogP contribution >= 0.6 is 0 Å². The Kier molecular flexibility index (Phi) is 5.54. The molecule has 0 atom stereocenters. The quantitative estimate of drug-likeness (QED) is 0.796. The topological polar surface area (TPSA) is 64.6 Å². The van der Waals surface area contributed by atoms with Crippen molar-refractivity contribution < 1.29 is 19.1 Å². The summed E-state index contributed by atoms with van der Waals surface area (Å²) in [6.07, 6.45) is 0.755. The fraction of sp³-hybridized carbons (Fsp3) is 0.176. The highest BCUT2D eigenvalue weighted by Gasteiger charge is 2.03. The normalized spacial score (nSPS) is 9.86. The summed E-state index contributed by atoms with van der Waals surface area (Å²) >= 11 is 0. The molecule has 0 saturated heterocycles. The lowest BCUT2D eigenvalue weighted by Crippen LogP contribution is -2.28. The summed E-state index contributed by atoms with van der Waals surface area (Å²) in [5.74, 6) is 1.07. The maximum Gasteiger partial charge on any atom is 0.258 e. The van der Waals surface area contributed by atoms with E-state index in [1.54, 1.807) is 31.4 Å². The molecule has 0 heterocycles. The predicted octanol–water partition coefficient (Wildman–Crippen LogP) is 2.20. The van der Waals surface area contributed by atoms with Crippen LogP contribution < -0.4 is 14.8 Å². The average molecular weight is 299 g/mol. The van der Waals surface area contributed by atoms with E-state index in [0.717, 1.165) is 17.6 Å². The molecule has 1 amide bonds. The van der Waals surface area contributed by atoms with E-state index in [1.807, 2.05) is 24.3 Å². The third kappa shape index (κ3) is 4.63. The van der Waals surface area contributed by atoms with Gasteiger partial charge in [-0.15, -0.1) is 0 Å². The largest absolute Gasteiger partial charge is 0.497 e. The molecule has 1 N–H and O–H groups in total. The molecule has 5 nitrogen and oxygen atoms in total. The molecule has 5 heteroatoms. The molecule has 22 heavy (non-hydrogen) atoms. The molecule has 0 aliphatic carbocycles. The second kappa shape index (κ2) is 7.83. The Hall–Kier alpha value is -2.82. The number of methoxy groups -OCH3 is 1. The average Bonchev–Trinajstić information content (AvgIpc) is 2.58. The Morgan fingerprint density at radius 1 is 1.14 bits per heavy atom. The van der Waals surface area contributed by atoms with Crippen LogP contribution in [0.25, 0.3) is 0 Å². The molecule has 0 aliphatic rings. The molecular weight excluding hydrogens is 282 g/mol. The Labute approximate surface area is 128 Å². The molecule has 2 aromatic carbocycles. The molecule has 0 bridgehead atoms. The van der Waals surface area contributed by atoms with E-state index in [4.69, 9.17) is 9.47 Å². The van der Waals surface area contributed by atoms with Gasteiger partial charge in [0.05, 0.1) is 7.11 Å². The molecule has 0 radical (unpaired) electrons. The molecule has 114 valence electrons. The van der Waals surface area contributed by atoms with Crippen LogP contribution in [0.1, 0.15) is 15.9 Å². The molecule has 0 fully saturated rings. The fourth-order valence-electron chi connectivity index (χ4n) is 1.83. The second-order valence-electron chi connectivity index (χ2n) is 4.60. The van der Waals surface area contributed by atoms with E-state index in [2.05, 4.69) is 5.32 Å². The van der Waals surface area contributed by atoms with Crippen molar-refractivity contribution in [3.8, 4) is 11.5 Å². The zero-order chi connectivity index (χ0) is 15.8. The predicted molar refractivity (Wildman–Crippen MR) is 82.2 cm³/mol. The summed E-state index contributed by atoms with van der Waals surface area (Å²) in [6.45, 7) is 0.327. The molecule has 0 saturated carbocycles. The van der Waals surface area contributed by atoms with Crippen LogP contribution in [0, 0.1) is 0 Å². The second-order valence-corrected chi connectivity index (χ2v) is 4.60. The monoisotopic (exact) mass is 299 g/mol. The van der Waals surface area contributed by atoms with Gasteiger partial charge in [0.2, 0.25) is 0 Å². The highest BCUT2D eigenvalue weighted by Crippen LogP contribution is 2.12. The van der Waals surface area contributed by atoms with Gasteiger partial charge < -0.3 is 14.8 Å². The highest BCUT2D eigenvalue weighted by molar-refractivity contribution is 5.77. The SMILES string of the molecule is COc1cccc(CNC(=O)COc2ccc(C=O)cc2)c1. The van der Waals surface area contributed by atoms with Crippen molar-refractivity contribution >= 4 is 12.2 Å². The van der Waals surface area contributed by atoms with Gasteiger partial charge in [0.1, 0.15) is 17.8 Å². The van der Waals surface area contributed by atoms with Crippen LogP contribution in [-0.4, -0.2) is 25.9 Å². The number of nitrogens with one attached hydrogen (secondary N) is 1. The van der Waals surface area contributed by atoms with Crippen molar-refractivity contribution in [2.24, 2.45) is 0 Å². The Morgan fingerprint density at radius 3 is 2.59 bits per heavy atom. The summed E-state index contributed by atoms with van der Waals surface area (Å²) in [7, 11) is 1.60. The van der Waals surface area contributed by atoms with Gasteiger partial charge in [0.15, 0.2) is 6.61 Å². The first-order valence-corrected chi connectivity index (χ1v) is 6.79. The summed E-state index contributed by atoms with van der Waals surface area (Å²) in [5.41, 5.74) is 1.51. The zero-order valence-electron chi connectivity index (χ0n) is 12.2. The summed E-state index contributed by atoms with van der Waals surface area (Å²) in [4.78, 5) is 22.3. The van der Waals surface area contributed by atoms with E-state index in [-0.39, 0.29) is 12.5 Å². The van der Waals surface area contributed by atoms with E-state index >= 15 is 0 Å². The number of rotatable bonds is 7. The molecular formula is C17H17NO4. The lowest BCUT2D eigenvalue weighted by molar-refractivity contribution is -0.123. The van der Waals surface area contributed by atoms with Crippen molar-refractivity contribution in [1.82, 2.24) is 5.32 Å². The number of carbonyl (C=O) groups is 2. The number of ether oxygens (including phenoxy) is 2. The first-order valence-electron chi connectivity index (χ1n) is 6.79. The number of aldehydes is 1. The van der Waals surface area contributed by atoms with Gasteiger partial charge in [-0.1, -0.05) is 12.1 Å². The zero-order valence-corrected chi connectivity index (χ0v) is 12.2. The fourth-order valence-corrected chi connectivity index (χ4v) is 1.83. The van der Waals surface area contributed by atoms with E-state index < -0.39 is 0 Å². The Bertz CT molecular complexity index is 637. The van der Waals surface area contributed by atoms with Gasteiger partial charge in [-0.3, -0.25) is 9.59 Å². The van der Waals surface area contributed by atoms with E-state index in [0.29, 0.717) is 17.9 Å². The van der Waals surface area contributed by atoms with Gasteiger partial charge in [-0.25, -0.2) is 0 Å². The lowest BCUT2D eigenvalue weighted by atomic mass is 10.2. The third-order valence-corrected chi connectivity index (χ3v) is 3.01. The van der Waals surface area contributed by atoms with Crippen LogP contribution in [0.2, 0.25) is 0 Å². The van der Waals surface area contributed by atoms with Gasteiger partial charge >= 0.3 is 0 Å². The molecule has 0 aromatic heterocycles. The minimum Gasteiger partial charge on any atom is -0.497 e. The maximum atomic E-state index is 11.7. The van der Waals surface area contributed by atoms with E-state index in [1.165, 1.54) is 0 Å². The van der Waals surface area contributed by atoms with Crippen molar-refractivity contribution in [3.63, 3.8) is 0 Å². The standard InChI is InChI=1S/C17H17NO4/c1-21-16-4-2-3-14(9-16)10-18-17(20)12-22-15-7-5-13(11-19)6-8-15/h2-9,11H,10,12H2,1H3,(H,18,20). The molecule has 2 rings (SSSR count). The Morgan fingerprint density at radius 2 is 1.91 bits per heavy atom. The minimum atomic E-state index is -0.220. The van der Waals surface area contributed by atoms with Crippen LogP contribution in [0.5, 0.6) is 11.5 Å². The number of amides is 1. The van der Waals surface area contributed by atoms with Gasteiger partial charge in [0.25, 0.3) is 5.91 Å². The smallest absolute Gasteiger partial charge is 0.258 e. The van der Waals surface area contributed by atoms with Crippen molar-refractivity contribution in [1.29, 1.82) is 0 Å². The number of hydrogen-bond donors (Lipinski definition) is 1. The van der Waals surface area contributed by atoms with Crippen LogP contribution in [0.15, 0.2) is 48.5 Å². The van der Waals surface area contributed by atoms with Gasteiger partial charge in [0, 0.05) is 12.1 Å². The maximum absolute atomic E-state index is 11.7. The highest BCUT2D eigenvalue weighted by atomic mass is 16.5. The van der Waals surface area contributed by atoms with Crippen LogP contribution in [0.3, 0.4) is 0 Å². The van der Waals surface area contributed by atoms with Gasteiger partial charge in [-0.2, -0.15) is 0 Å². The Balaban J connectivity index is 1.78. The molecule has 0 spiro atoms. The first-order chi connectivity index (χ1) is 10.7. The number of hydrogen-bond acceptors (Lipinski definition) is 4. The number of carbonyl (C=O) groups excluding carboxylic acids is 2. The summed E-state index contributed by atoms with van der Waals surface area (Å²) < 4.78 is 10.5. The molecule has 2 aromatic rings. The van der Waals surface area contributed by atoms with Crippen molar-refractivity contribution in [3.05, 3.63) is 59.7 Å². The minimum absolute atomic E-state index is 0.0790. The number of benzene rings is 2. The first kappa shape index (κ1) is 15.6.